The quantitative estimate of drug-likeness (QED) is 0.718. The highest BCUT2D eigenvalue weighted by Gasteiger charge is 2.54. The number of fused-ring (bicyclic) bond motifs is 5. The van der Waals surface area contributed by atoms with E-state index >= 15 is 0 Å². The summed E-state index contributed by atoms with van der Waals surface area (Å²) in [5, 5.41) is 0. The maximum atomic E-state index is 12.8. The van der Waals surface area contributed by atoms with Gasteiger partial charge in [-0.2, -0.15) is 0 Å². The Labute approximate surface area is 127 Å². The van der Waals surface area contributed by atoms with Gasteiger partial charge in [0.15, 0.2) is 0 Å². The predicted molar refractivity (Wildman–Crippen MR) is 85.6 cm³/mol. The van der Waals surface area contributed by atoms with Gasteiger partial charge in [0, 0.05) is 6.42 Å². The van der Waals surface area contributed by atoms with E-state index in [1.807, 2.05) is 0 Å². The summed E-state index contributed by atoms with van der Waals surface area (Å²) in [7, 11) is 0. The number of Topliss-reactive ketones (excluding diaryl/α,β-unsaturated/α-hetero) is 1. The molecule has 0 radical (unpaired) electrons. The number of aryl methyl sites for hydroxylation is 1. The molecule has 1 heteroatoms. The first-order valence-electron chi connectivity index (χ1n) is 8.49. The Bertz CT molecular complexity index is 639. The van der Waals surface area contributed by atoms with E-state index < -0.39 is 0 Å². The highest BCUT2D eigenvalue weighted by molar-refractivity contribution is 5.94. The summed E-state index contributed by atoms with van der Waals surface area (Å²) in [5.41, 5.74) is 5.67. The summed E-state index contributed by atoms with van der Waals surface area (Å²) >= 11 is 0. The van der Waals surface area contributed by atoms with E-state index in [1.165, 1.54) is 28.7 Å². The molecule has 3 aliphatic rings. The van der Waals surface area contributed by atoms with Gasteiger partial charge in [0.1, 0.15) is 5.78 Å². The van der Waals surface area contributed by atoms with Crippen LogP contribution in [0.4, 0.5) is 0 Å². The SMILES string of the molecule is CCC(C)c1ccc2c(c1)CCC(=O)C21CC2=CCC1C2. The Hall–Kier alpha value is -1.37. The fraction of sp³-hybridized carbons (Fsp3) is 0.550. The minimum atomic E-state index is -0.147. The van der Waals surface area contributed by atoms with Crippen molar-refractivity contribution in [3.8, 4) is 0 Å². The topological polar surface area (TPSA) is 17.1 Å². The standard InChI is InChI=1S/C20H24O/c1-3-13(2)15-5-8-18-16(11-15)6-9-19(21)20(18)12-14-4-7-17(20)10-14/h4-5,8,11,13,17H,3,6-7,9-10,12H2,1-2H3. The average Bonchev–Trinajstić information content (AvgIpc) is 3.12. The normalized spacial score (nSPS) is 31.4. The molecule has 3 atom stereocenters. The number of hydrogen-bond donors (Lipinski definition) is 0. The van der Waals surface area contributed by atoms with Crippen LogP contribution in [-0.2, 0) is 16.6 Å². The van der Waals surface area contributed by atoms with Crippen LogP contribution in [0.2, 0.25) is 0 Å². The van der Waals surface area contributed by atoms with E-state index in [0.717, 1.165) is 32.1 Å². The first-order chi connectivity index (χ1) is 10.1. The molecule has 2 bridgehead atoms. The smallest absolute Gasteiger partial charge is 0.144 e. The van der Waals surface area contributed by atoms with E-state index in [4.69, 9.17) is 0 Å². The molecule has 0 amide bonds. The van der Waals surface area contributed by atoms with Crippen LogP contribution in [0.5, 0.6) is 0 Å². The maximum Gasteiger partial charge on any atom is 0.144 e. The molecule has 1 spiro atoms. The van der Waals surface area contributed by atoms with Crippen molar-refractivity contribution in [3.63, 3.8) is 0 Å². The lowest BCUT2D eigenvalue weighted by molar-refractivity contribution is -0.126. The summed E-state index contributed by atoms with van der Waals surface area (Å²) in [5.74, 6) is 1.68. The van der Waals surface area contributed by atoms with Crippen LogP contribution < -0.4 is 0 Å². The fourth-order valence-corrected chi connectivity index (χ4v) is 4.88. The Kier molecular flexibility index (Phi) is 2.89. The lowest BCUT2D eigenvalue weighted by Gasteiger charge is -2.40. The van der Waals surface area contributed by atoms with Crippen molar-refractivity contribution >= 4 is 5.78 Å². The van der Waals surface area contributed by atoms with Crippen LogP contribution in [0.25, 0.3) is 0 Å². The average molecular weight is 280 g/mol. The van der Waals surface area contributed by atoms with E-state index in [1.54, 1.807) is 0 Å². The van der Waals surface area contributed by atoms with Gasteiger partial charge >= 0.3 is 0 Å². The van der Waals surface area contributed by atoms with Gasteiger partial charge in [-0.05, 0) is 60.6 Å². The van der Waals surface area contributed by atoms with Crippen LogP contribution in [-0.4, -0.2) is 5.78 Å². The number of carbonyl (C=O) groups is 1. The minimum absolute atomic E-state index is 0.147. The maximum absolute atomic E-state index is 12.8. The molecule has 110 valence electrons. The lowest BCUT2D eigenvalue weighted by atomic mass is 9.61. The van der Waals surface area contributed by atoms with E-state index in [2.05, 4.69) is 38.1 Å². The van der Waals surface area contributed by atoms with Crippen LogP contribution in [0, 0.1) is 5.92 Å². The molecule has 4 rings (SSSR count). The van der Waals surface area contributed by atoms with Crippen LogP contribution >= 0.6 is 0 Å². The first kappa shape index (κ1) is 13.3. The molecular weight excluding hydrogens is 256 g/mol. The van der Waals surface area contributed by atoms with Crippen molar-refractivity contribution in [1.82, 2.24) is 0 Å². The summed E-state index contributed by atoms with van der Waals surface area (Å²) in [6, 6.07) is 6.99. The molecule has 0 saturated heterocycles. The largest absolute Gasteiger partial charge is 0.299 e. The molecule has 0 aliphatic heterocycles. The number of carbonyl (C=O) groups excluding carboxylic acids is 1. The molecule has 3 unspecified atom stereocenters. The second kappa shape index (κ2) is 4.56. The summed E-state index contributed by atoms with van der Waals surface area (Å²) < 4.78 is 0. The van der Waals surface area contributed by atoms with Gasteiger partial charge in [0.25, 0.3) is 0 Å². The zero-order valence-electron chi connectivity index (χ0n) is 13.1. The van der Waals surface area contributed by atoms with E-state index in [-0.39, 0.29) is 5.41 Å². The summed E-state index contributed by atoms with van der Waals surface area (Å²) in [4.78, 5) is 12.8. The zero-order chi connectivity index (χ0) is 14.6. The third-order valence-corrected chi connectivity index (χ3v) is 6.31. The zero-order valence-corrected chi connectivity index (χ0v) is 13.1. The van der Waals surface area contributed by atoms with Gasteiger partial charge in [0.2, 0.25) is 0 Å². The Morgan fingerprint density at radius 3 is 2.86 bits per heavy atom. The molecule has 0 N–H and O–H groups in total. The first-order valence-corrected chi connectivity index (χ1v) is 8.49. The van der Waals surface area contributed by atoms with E-state index in [9.17, 15) is 4.79 Å². The molecule has 0 heterocycles. The van der Waals surface area contributed by atoms with Crippen molar-refractivity contribution < 1.29 is 4.79 Å². The number of allylic oxidation sites excluding steroid dienone is 2. The molecule has 1 aromatic rings. The van der Waals surface area contributed by atoms with Crippen molar-refractivity contribution in [1.29, 1.82) is 0 Å². The third-order valence-electron chi connectivity index (χ3n) is 6.31. The summed E-state index contributed by atoms with van der Waals surface area (Å²) in [6.07, 6.45) is 8.55. The van der Waals surface area contributed by atoms with E-state index in [0.29, 0.717) is 17.6 Å². The molecule has 1 nitrogen and oxygen atoms in total. The lowest BCUT2D eigenvalue weighted by Crippen LogP contribution is -2.43. The predicted octanol–water partition coefficient (Wildman–Crippen LogP) is 4.69. The van der Waals surface area contributed by atoms with Gasteiger partial charge in [-0.25, -0.2) is 0 Å². The van der Waals surface area contributed by atoms with Crippen LogP contribution in [0.1, 0.15) is 68.6 Å². The molecule has 1 aromatic carbocycles. The highest BCUT2D eigenvalue weighted by atomic mass is 16.1. The van der Waals surface area contributed by atoms with Crippen LogP contribution in [0.3, 0.4) is 0 Å². The Morgan fingerprint density at radius 2 is 2.19 bits per heavy atom. The molecule has 3 aliphatic carbocycles. The fourth-order valence-electron chi connectivity index (χ4n) is 4.88. The van der Waals surface area contributed by atoms with Gasteiger partial charge in [-0.15, -0.1) is 0 Å². The number of rotatable bonds is 2. The second-order valence-electron chi connectivity index (χ2n) is 7.30. The number of hydrogen-bond acceptors (Lipinski definition) is 1. The molecule has 0 aromatic heterocycles. The van der Waals surface area contributed by atoms with Gasteiger partial charge in [0.05, 0.1) is 5.41 Å². The monoisotopic (exact) mass is 280 g/mol. The molecule has 1 fully saturated rings. The van der Waals surface area contributed by atoms with Gasteiger partial charge in [-0.1, -0.05) is 43.7 Å². The van der Waals surface area contributed by atoms with Crippen molar-refractivity contribution in [2.75, 3.05) is 0 Å². The third kappa shape index (κ3) is 1.73. The molecule has 21 heavy (non-hydrogen) atoms. The van der Waals surface area contributed by atoms with Gasteiger partial charge in [-0.3, -0.25) is 4.79 Å². The number of benzene rings is 1. The highest BCUT2D eigenvalue weighted by Crippen LogP contribution is 2.57. The Balaban J connectivity index is 1.83. The minimum Gasteiger partial charge on any atom is -0.299 e. The Morgan fingerprint density at radius 1 is 1.33 bits per heavy atom. The van der Waals surface area contributed by atoms with Crippen molar-refractivity contribution in [2.24, 2.45) is 5.92 Å². The summed E-state index contributed by atoms with van der Waals surface area (Å²) in [6.45, 7) is 4.55. The molecule has 1 saturated carbocycles. The van der Waals surface area contributed by atoms with Crippen LogP contribution in [0.15, 0.2) is 29.8 Å². The van der Waals surface area contributed by atoms with Crippen molar-refractivity contribution in [2.45, 2.75) is 63.7 Å². The van der Waals surface area contributed by atoms with Gasteiger partial charge < -0.3 is 0 Å². The number of ketones is 1. The molecular formula is C20H24O. The second-order valence-corrected chi connectivity index (χ2v) is 7.30. The van der Waals surface area contributed by atoms with Crippen molar-refractivity contribution in [3.05, 3.63) is 46.5 Å².